The first kappa shape index (κ1) is 36.2. The topological polar surface area (TPSA) is 170 Å². The maximum absolute atomic E-state index is 11.9. The molecular weight excluding hydrogens is 692 g/mol. The van der Waals surface area contributed by atoms with Crippen LogP contribution in [0, 0.1) is 6.92 Å². The lowest BCUT2D eigenvalue weighted by Crippen LogP contribution is -2.52. The van der Waals surface area contributed by atoms with Gasteiger partial charge in [0.05, 0.1) is 23.7 Å². The molecule has 0 radical (unpaired) electrons. The van der Waals surface area contributed by atoms with E-state index in [1.807, 2.05) is 55.5 Å². The molecule has 4 N–H and O–H groups in total. The van der Waals surface area contributed by atoms with Crippen LogP contribution in [0.15, 0.2) is 83.5 Å². The summed E-state index contributed by atoms with van der Waals surface area (Å²) in [6.45, 7) is 4.09. The highest BCUT2D eigenvalue weighted by molar-refractivity contribution is 6.32. The fourth-order valence-electron chi connectivity index (χ4n) is 5.60. The van der Waals surface area contributed by atoms with Gasteiger partial charge in [0.1, 0.15) is 49.7 Å². The molecule has 0 saturated heterocycles. The number of carbonyl (C=O) groups is 2. The maximum Gasteiger partial charge on any atom is 0.326 e. The Labute approximate surface area is 304 Å². The molecule has 52 heavy (non-hydrogen) atoms. The number of aliphatic hydroxyl groups is 1. The van der Waals surface area contributed by atoms with Gasteiger partial charge in [-0.15, -0.1) is 0 Å². The minimum absolute atomic E-state index is 0.0120. The van der Waals surface area contributed by atoms with Gasteiger partial charge in [-0.3, -0.25) is 14.9 Å². The van der Waals surface area contributed by atoms with Crippen molar-refractivity contribution in [2.45, 2.75) is 45.6 Å². The van der Waals surface area contributed by atoms with Crippen molar-refractivity contribution < 1.29 is 48.3 Å². The number of nitrogens with zero attached hydrogens (tertiary/aromatic N) is 1. The summed E-state index contributed by atoms with van der Waals surface area (Å²) in [5.41, 5.74) is 4.58. The standard InChI is InChI=1S/C39H37ClN2O10/c1-23-27(7-4-8-30(23)25-9-10-32-35(15-25)49-12-11-48-32)20-51-34-17-33(28(14-31(34)40)18-41-39(2,22-43)38(46)47)50-19-24-5-3-6-26(13-24)37-42-29(21-52-37)16-36(44)45/h3-10,13-15,17,21,41,43H,11-12,16,18-20,22H2,1-2H3,(H,44,45)(H,46,47)/t39-/m0/s1. The predicted molar refractivity (Wildman–Crippen MR) is 191 cm³/mol. The van der Waals surface area contributed by atoms with Gasteiger partial charge in [-0.05, 0) is 72.0 Å². The van der Waals surface area contributed by atoms with E-state index in [4.69, 9.17) is 40.1 Å². The quantitative estimate of drug-likeness (QED) is 0.0931. The number of ether oxygens (including phenoxy) is 4. The van der Waals surface area contributed by atoms with Crippen molar-refractivity contribution >= 4 is 23.5 Å². The SMILES string of the molecule is Cc1c(COc2cc(OCc3cccc(-c4nc(CC(=O)O)co4)c3)c(CN[C@@](C)(CO)C(=O)O)cc2Cl)cccc1-c1ccc2c(c1)OCCO2. The molecule has 0 bridgehead atoms. The number of hydrogen-bond donors (Lipinski definition) is 4. The Bertz CT molecular complexity index is 2100. The van der Waals surface area contributed by atoms with E-state index in [2.05, 4.69) is 10.3 Å². The van der Waals surface area contributed by atoms with Crippen LogP contribution >= 0.6 is 11.6 Å². The van der Waals surface area contributed by atoms with E-state index in [-0.39, 0.29) is 37.1 Å². The fourth-order valence-corrected chi connectivity index (χ4v) is 5.84. The lowest BCUT2D eigenvalue weighted by atomic mass is 9.96. The van der Waals surface area contributed by atoms with Crippen molar-refractivity contribution in [1.82, 2.24) is 10.3 Å². The molecule has 1 aliphatic rings. The van der Waals surface area contributed by atoms with Gasteiger partial charge in [-0.1, -0.05) is 48.0 Å². The van der Waals surface area contributed by atoms with Gasteiger partial charge in [0, 0.05) is 23.7 Å². The van der Waals surface area contributed by atoms with E-state index in [0.29, 0.717) is 47.3 Å². The van der Waals surface area contributed by atoms with Crippen LogP contribution in [-0.4, -0.2) is 57.6 Å². The molecule has 1 atom stereocenters. The molecule has 5 aromatic rings. The minimum Gasteiger partial charge on any atom is -0.488 e. The highest BCUT2D eigenvalue weighted by Crippen LogP contribution is 2.38. The first-order chi connectivity index (χ1) is 25.0. The highest BCUT2D eigenvalue weighted by Gasteiger charge is 2.32. The van der Waals surface area contributed by atoms with Gasteiger partial charge in [0.2, 0.25) is 5.89 Å². The summed E-state index contributed by atoms with van der Waals surface area (Å²) in [7, 11) is 0. The van der Waals surface area contributed by atoms with Crippen molar-refractivity contribution in [3.63, 3.8) is 0 Å². The Hall–Kier alpha value is -5.56. The molecule has 4 aromatic carbocycles. The second kappa shape index (κ2) is 15.8. The van der Waals surface area contributed by atoms with Crippen LogP contribution in [0.4, 0.5) is 0 Å². The van der Waals surface area contributed by atoms with Gasteiger partial charge in [-0.25, -0.2) is 4.98 Å². The third-order valence-corrected chi connectivity index (χ3v) is 9.00. The number of oxazole rings is 1. The Balaban J connectivity index is 1.23. The Morgan fingerprint density at radius 2 is 1.67 bits per heavy atom. The van der Waals surface area contributed by atoms with Gasteiger partial charge < -0.3 is 38.7 Å². The summed E-state index contributed by atoms with van der Waals surface area (Å²) in [6, 6.07) is 22.4. The van der Waals surface area contributed by atoms with Gasteiger partial charge >= 0.3 is 11.9 Å². The summed E-state index contributed by atoms with van der Waals surface area (Å²) < 4.78 is 29.5. The zero-order valence-corrected chi connectivity index (χ0v) is 29.2. The van der Waals surface area contributed by atoms with E-state index < -0.39 is 24.1 Å². The number of fused-ring (bicyclic) bond motifs is 1. The lowest BCUT2D eigenvalue weighted by Gasteiger charge is -2.25. The van der Waals surface area contributed by atoms with Crippen LogP contribution in [0.3, 0.4) is 0 Å². The smallest absolute Gasteiger partial charge is 0.326 e. The average molecular weight is 729 g/mol. The first-order valence-electron chi connectivity index (χ1n) is 16.4. The zero-order chi connectivity index (χ0) is 36.8. The number of benzene rings is 4. The van der Waals surface area contributed by atoms with E-state index >= 15 is 0 Å². The summed E-state index contributed by atoms with van der Waals surface area (Å²) in [4.78, 5) is 27.2. The number of hydrogen-bond acceptors (Lipinski definition) is 10. The molecule has 13 heteroatoms. The number of halogens is 1. The third kappa shape index (κ3) is 8.31. The van der Waals surface area contributed by atoms with Crippen LogP contribution in [-0.2, 0) is 35.8 Å². The molecule has 0 fully saturated rings. The molecule has 1 aromatic heterocycles. The number of aliphatic hydroxyl groups excluding tert-OH is 1. The number of aliphatic carboxylic acids is 2. The molecule has 0 aliphatic carbocycles. The van der Waals surface area contributed by atoms with Crippen LogP contribution in [0.5, 0.6) is 23.0 Å². The Morgan fingerprint density at radius 1 is 0.904 bits per heavy atom. The van der Waals surface area contributed by atoms with E-state index in [1.54, 1.807) is 24.3 Å². The number of nitrogens with one attached hydrogen (secondary N) is 1. The minimum atomic E-state index is -1.61. The molecule has 270 valence electrons. The van der Waals surface area contributed by atoms with Crippen LogP contribution in [0.2, 0.25) is 5.02 Å². The van der Waals surface area contributed by atoms with Crippen LogP contribution in [0.1, 0.15) is 34.9 Å². The van der Waals surface area contributed by atoms with E-state index in [9.17, 15) is 19.8 Å². The Morgan fingerprint density at radius 3 is 2.44 bits per heavy atom. The molecule has 2 heterocycles. The van der Waals surface area contributed by atoms with Crippen molar-refractivity contribution in [1.29, 1.82) is 0 Å². The van der Waals surface area contributed by atoms with Crippen molar-refractivity contribution in [3.05, 3.63) is 112 Å². The second-order valence-corrected chi connectivity index (χ2v) is 12.9. The third-order valence-electron chi connectivity index (χ3n) is 8.71. The molecular formula is C39H37ClN2O10. The number of carboxylic acids is 2. The molecule has 0 amide bonds. The van der Waals surface area contributed by atoms with Crippen LogP contribution in [0.25, 0.3) is 22.6 Å². The molecule has 12 nitrogen and oxygen atoms in total. The molecule has 6 rings (SSSR count). The van der Waals surface area contributed by atoms with E-state index in [1.165, 1.54) is 13.2 Å². The molecule has 0 unspecified atom stereocenters. The largest absolute Gasteiger partial charge is 0.488 e. The van der Waals surface area contributed by atoms with Crippen molar-refractivity contribution in [2.75, 3.05) is 19.8 Å². The van der Waals surface area contributed by atoms with Crippen molar-refractivity contribution in [2.24, 2.45) is 0 Å². The monoisotopic (exact) mass is 728 g/mol. The summed E-state index contributed by atoms with van der Waals surface area (Å²) in [6.07, 6.45) is 1.06. The Kier molecular flexibility index (Phi) is 11.0. The zero-order valence-electron chi connectivity index (χ0n) is 28.5. The summed E-state index contributed by atoms with van der Waals surface area (Å²) >= 11 is 6.73. The number of carboxylic acid groups (broad SMARTS) is 2. The van der Waals surface area contributed by atoms with E-state index in [0.717, 1.165) is 33.6 Å². The second-order valence-electron chi connectivity index (χ2n) is 12.5. The fraction of sp³-hybridized carbons (Fsp3) is 0.256. The number of aromatic nitrogens is 1. The predicted octanol–water partition coefficient (Wildman–Crippen LogP) is 6.45. The van der Waals surface area contributed by atoms with Crippen LogP contribution < -0.4 is 24.3 Å². The average Bonchev–Trinajstić information content (AvgIpc) is 3.61. The van der Waals surface area contributed by atoms with Gasteiger partial charge in [-0.2, -0.15) is 0 Å². The lowest BCUT2D eigenvalue weighted by molar-refractivity contribution is -0.146. The highest BCUT2D eigenvalue weighted by atomic mass is 35.5. The molecule has 0 saturated carbocycles. The first-order valence-corrected chi connectivity index (χ1v) is 16.8. The van der Waals surface area contributed by atoms with Gasteiger partial charge in [0.25, 0.3) is 0 Å². The maximum atomic E-state index is 11.9. The summed E-state index contributed by atoms with van der Waals surface area (Å²) in [5.74, 6) is 0.202. The van der Waals surface area contributed by atoms with Gasteiger partial charge in [0.15, 0.2) is 11.5 Å². The summed E-state index contributed by atoms with van der Waals surface area (Å²) in [5, 5.41) is 31.7. The molecule has 1 aliphatic heterocycles. The normalized spacial score (nSPS) is 13.3. The molecule has 0 spiro atoms. The van der Waals surface area contributed by atoms with Crippen molar-refractivity contribution in [3.8, 4) is 45.6 Å². The number of rotatable bonds is 15.